The summed E-state index contributed by atoms with van der Waals surface area (Å²) in [5.41, 5.74) is 0.857. The fourth-order valence-electron chi connectivity index (χ4n) is 3.03. The molecule has 9 nitrogen and oxygen atoms in total. The fourth-order valence-corrected chi connectivity index (χ4v) is 3.03. The maximum Gasteiger partial charge on any atom is 0.385 e. The van der Waals surface area contributed by atoms with Gasteiger partial charge in [-0.15, -0.1) is 0 Å². The van der Waals surface area contributed by atoms with Gasteiger partial charge in [0.15, 0.2) is 11.5 Å². The molecule has 0 aliphatic heterocycles. The van der Waals surface area contributed by atoms with Gasteiger partial charge in [0.2, 0.25) is 11.5 Å². The van der Waals surface area contributed by atoms with Crippen molar-refractivity contribution >= 4 is 23.5 Å². The Morgan fingerprint density at radius 1 is 0.545 bits per heavy atom. The van der Waals surface area contributed by atoms with Crippen LogP contribution in [-0.4, -0.2) is 54.6 Å². The van der Waals surface area contributed by atoms with E-state index < -0.39 is 11.9 Å². The zero-order valence-corrected chi connectivity index (χ0v) is 19.3. The summed E-state index contributed by atoms with van der Waals surface area (Å²) < 4.78 is 36.8. The van der Waals surface area contributed by atoms with Crippen LogP contribution in [0.15, 0.2) is 60.0 Å². The molecule has 2 aromatic rings. The van der Waals surface area contributed by atoms with Crippen LogP contribution in [0.4, 0.5) is 0 Å². The smallest absolute Gasteiger partial charge is 0.385 e. The SMILES string of the molecule is COC(C(=O)OC(=O)C(OC)=C(OC)c1ccccc1OC)=C(OC)c1ccccc1OC. The van der Waals surface area contributed by atoms with E-state index >= 15 is 0 Å². The summed E-state index contributed by atoms with van der Waals surface area (Å²) >= 11 is 0. The molecule has 2 rings (SSSR count). The van der Waals surface area contributed by atoms with Gasteiger partial charge in [-0.3, -0.25) is 0 Å². The Hall–Kier alpha value is -4.14. The Balaban J connectivity index is 2.48. The third kappa shape index (κ3) is 5.57. The van der Waals surface area contributed by atoms with Crippen LogP contribution in [-0.2, 0) is 33.3 Å². The van der Waals surface area contributed by atoms with Crippen LogP contribution >= 0.6 is 0 Å². The van der Waals surface area contributed by atoms with E-state index in [0.29, 0.717) is 22.6 Å². The molecule has 0 fully saturated rings. The zero-order chi connectivity index (χ0) is 24.4. The molecule has 0 aliphatic carbocycles. The molecule has 0 saturated heterocycles. The lowest BCUT2D eigenvalue weighted by molar-refractivity contribution is -0.158. The molecule has 0 saturated carbocycles. The van der Waals surface area contributed by atoms with Gasteiger partial charge in [0.25, 0.3) is 0 Å². The van der Waals surface area contributed by atoms with E-state index in [4.69, 9.17) is 33.2 Å². The van der Waals surface area contributed by atoms with E-state index in [1.165, 1.54) is 42.7 Å². The first-order chi connectivity index (χ1) is 16.0. The minimum absolute atomic E-state index is 0.0207. The van der Waals surface area contributed by atoms with E-state index in [1.54, 1.807) is 48.5 Å². The van der Waals surface area contributed by atoms with Gasteiger partial charge in [0.05, 0.1) is 53.8 Å². The molecule has 0 aromatic heterocycles. The van der Waals surface area contributed by atoms with Crippen molar-refractivity contribution in [2.45, 2.75) is 0 Å². The summed E-state index contributed by atoms with van der Waals surface area (Å²) in [5, 5.41) is 0. The number of esters is 2. The molecule has 0 atom stereocenters. The lowest BCUT2D eigenvalue weighted by atomic mass is 10.1. The van der Waals surface area contributed by atoms with Crippen molar-refractivity contribution < 1.29 is 42.7 Å². The number of carbonyl (C=O) groups excluding carboxylic acids is 2. The number of carbonyl (C=O) groups is 2. The second-order valence-corrected chi connectivity index (χ2v) is 6.21. The number of benzene rings is 2. The molecule has 0 bridgehead atoms. The van der Waals surface area contributed by atoms with E-state index in [9.17, 15) is 9.59 Å². The lowest BCUT2D eigenvalue weighted by Crippen LogP contribution is -2.20. The summed E-state index contributed by atoms with van der Waals surface area (Å²) in [6.45, 7) is 0. The van der Waals surface area contributed by atoms with Crippen molar-refractivity contribution in [3.63, 3.8) is 0 Å². The summed E-state index contributed by atoms with van der Waals surface area (Å²) in [4.78, 5) is 25.7. The molecule has 0 N–H and O–H groups in total. The van der Waals surface area contributed by atoms with Crippen molar-refractivity contribution in [1.29, 1.82) is 0 Å². The van der Waals surface area contributed by atoms with Crippen molar-refractivity contribution in [3.8, 4) is 11.5 Å². The molecule has 9 heteroatoms. The largest absolute Gasteiger partial charge is 0.496 e. The van der Waals surface area contributed by atoms with E-state index in [0.717, 1.165) is 0 Å². The number of ether oxygens (including phenoxy) is 7. The van der Waals surface area contributed by atoms with Gasteiger partial charge in [0.1, 0.15) is 11.5 Å². The summed E-state index contributed by atoms with van der Waals surface area (Å²) in [5.74, 6) is -1.99. The van der Waals surface area contributed by atoms with E-state index in [1.807, 2.05) is 0 Å². The molecule has 176 valence electrons. The van der Waals surface area contributed by atoms with Crippen molar-refractivity contribution in [2.24, 2.45) is 0 Å². The molecule has 0 aliphatic rings. The Labute approximate surface area is 192 Å². The van der Waals surface area contributed by atoms with Crippen LogP contribution < -0.4 is 9.47 Å². The van der Waals surface area contributed by atoms with Crippen molar-refractivity contribution in [3.05, 3.63) is 71.2 Å². The van der Waals surface area contributed by atoms with Crippen LogP contribution in [0.25, 0.3) is 11.5 Å². The van der Waals surface area contributed by atoms with Crippen molar-refractivity contribution in [1.82, 2.24) is 0 Å². The van der Waals surface area contributed by atoms with Crippen LogP contribution in [0.5, 0.6) is 11.5 Å². The van der Waals surface area contributed by atoms with Gasteiger partial charge in [-0.05, 0) is 24.3 Å². The highest BCUT2D eigenvalue weighted by atomic mass is 16.6. The van der Waals surface area contributed by atoms with Crippen molar-refractivity contribution in [2.75, 3.05) is 42.7 Å². The average molecular weight is 458 g/mol. The number of para-hydroxylation sites is 2. The Bertz CT molecular complexity index is 970. The second-order valence-electron chi connectivity index (χ2n) is 6.21. The zero-order valence-electron chi connectivity index (χ0n) is 19.3. The topological polar surface area (TPSA) is 98.8 Å². The summed E-state index contributed by atoms with van der Waals surface area (Å²) in [6, 6.07) is 13.7. The van der Waals surface area contributed by atoms with Gasteiger partial charge in [0, 0.05) is 0 Å². The summed E-state index contributed by atoms with van der Waals surface area (Å²) in [6.07, 6.45) is 0. The predicted molar refractivity (Wildman–Crippen MR) is 119 cm³/mol. The number of rotatable bonds is 10. The maximum atomic E-state index is 12.9. The molecule has 0 heterocycles. The predicted octanol–water partition coefficient (Wildman–Crippen LogP) is 3.40. The van der Waals surface area contributed by atoms with E-state index in [-0.39, 0.29) is 23.0 Å². The molecule has 0 radical (unpaired) electrons. The van der Waals surface area contributed by atoms with Crippen LogP contribution in [0, 0.1) is 0 Å². The first kappa shape index (κ1) is 25.1. The summed E-state index contributed by atoms with van der Waals surface area (Å²) in [7, 11) is 8.14. The highest BCUT2D eigenvalue weighted by Gasteiger charge is 2.29. The van der Waals surface area contributed by atoms with Crippen LogP contribution in [0.3, 0.4) is 0 Å². The average Bonchev–Trinajstić information content (AvgIpc) is 2.85. The standard InChI is InChI=1S/C24H26O9/c1-27-17-13-9-7-11-15(17)19(29-3)21(31-5)23(25)33-24(26)22(32-6)20(30-4)16-12-8-10-14-18(16)28-2/h7-14H,1-6H3. The van der Waals surface area contributed by atoms with Crippen LogP contribution in [0.1, 0.15) is 11.1 Å². The first-order valence-corrected chi connectivity index (χ1v) is 9.65. The Kier molecular flexibility index (Phi) is 9.17. The highest BCUT2D eigenvalue weighted by Crippen LogP contribution is 2.31. The number of methoxy groups -OCH3 is 6. The van der Waals surface area contributed by atoms with Crippen LogP contribution in [0.2, 0.25) is 0 Å². The minimum Gasteiger partial charge on any atom is -0.496 e. The van der Waals surface area contributed by atoms with Gasteiger partial charge >= 0.3 is 11.9 Å². The van der Waals surface area contributed by atoms with E-state index in [2.05, 4.69) is 0 Å². The van der Waals surface area contributed by atoms with Gasteiger partial charge in [-0.25, -0.2) is 9.59 Å². The minimum atomic E-state index is -1.10. The third-order valence-electron chi connectivity index (χ3n) is 4.49. The maximum absolute atomic E-state index is 12.9. The normalized spacial score (nSPS) is 11.9. The molecule has 33 heavy (non-hydrogen) atoms. The lowest BCUT2D eigenvalue weighted by Gasteiger charge is -2.16. The molecular formula is C24H26O9. The fraction of sp³-hybridized carbons (Fsp3) is 0.250. The van der Waals surface area contributed by atoms with Gasteiger partial charge in [-0.2, -0.15) is 0 Å². The quantitative estimate of drug-likeness (QED) is 0.230. The Morgan fingerprint density at radius 2 is 0.909 bits per heavy atom. The molecular weight excluding hydrogens is 432 g/mol. The second kappa shape index (κ2) is 12.0. The first-order valence-electron chi connectivity index (χ1n) is 9.65. The molecule has 0 spiro atoms. The molecule has 0 amide bonds. The number of hydrogen-bond donors (Lipinski definition) is 0. The highest BCUT2D eigenvalue weighted by molar-refractivity contribution is 6.05. The number of hydrogen-bond acceptors (Lipinski definition) is 9. The monoisotopic (exact) mass is 458 g/mol. The Morgan fingerprint density at radius 3 is 1.21 bits per heavy atom. The molecule has 2 aromatic carbocycles. The van der Waals surface area contributed by atoms with Gasteiger partial charge in [-0.1, -0.05) is 24.3 Å². The van der Waals surface area contributed by atoms with Gasteiger partial charge < -0.3 is 33.2 Å². The third-order valence-corrected chi connectivity index (χ3v) is 4.49. The molecule has 0 unspecified atom stereocenters.